The van der Waals surface area contributed by atoms with Crippen LogP contribution in [0.5, 0.6) is 0 Å². The predicted molar refractivity (Wildman–Crippen MR) is 94.3 cm³/mol. The summed E-state index contributed by atoms with van der Waals surface area (Å²) in [5.74, 6) is 0.135. The Kier molecular flexibility index (Phi) is 6.34. The molecule has 0 aliphatic carbocycles. The van der Waals surface area contributed by atoms with E-state index in [1.807, 2.05) is 73.3 Å². The number of halogens is 1. The molecule has 0 fully saturated rings. The van der Waals surface area contributed by atoms with Gasteiger partial charge < -0.3 is 4.90 Å². The lowest BCUT2D eigenvalue weighted by Crippen LogP contribution is -2.35. The number of thioether (sulfide) groups is 1. The van der Waals surface area contributed by atoms with Crippen LogP contribution in [-0.4, -0.2) is 22.6 Å². The molecule has 2 aromatic rings. The van der Waals surface area contributed by atoms with Crippen molar-refractivity contribution in [3.8, 4) is 0 Å². The Morgan fingerprint density at radius 3 is 2.41 bits per heavy atom. The van der Waals surface area contributed by atoms with E-state index in [0.29, 0.717) is 18.1 Å². The van der Waals surface area contributed by atoms with Crippen LogP contribution < -0.4 is 0 Å². The van der Waals surface area contributed by atoms with Crippen molar-refractivity contribution < 1.29 is 4.79 Å². The highest BCUT2D eigenvalue weighted by Crippen LogP contribution is 2.30. The van der Waals surface area contributed by atoms with Crippen molar-refractivity contribution in [2.45, 2.75) is 30.5 Å². The molecule has 0 heterocycles. The first kappa shape index (κ1) is 16.9. The van der Waals surface area contributed by atoms with Gasteiger partial charge in [-0.1, -0.05) is 54.1 Å². The fourth-order valence-corrected chi connectivity index (χ4v) is 3.43. The highest BCUT2D eigenvalue weighted by molar-refractivity contribution is 8.00. The van der Waals surface area contributed by atoms with Gasteiger partial charge in [-0.2, -0.15) is 0 Å². The third-order valence-corrected chi connectivity index (χ3v) is 5.00. The fraction of sp³-hybridized carbons (Fsp3) is 0.278. The molecule has 0 aliphatic rings. The van der Waals surface area contributed by atoms with Crippen molar-refractivity contribution in [2.75, 3.05) is 6.54 Å². The second-order valence-electron chi connectivity index (χ2n) is 5.03. The number of carbonyl (C=O) groups is 1. The summed E-state index contributed by atoms with van der Waals surface area (Å²) in [7, 11) is 0. The Morgan fingerprint density at radius 1 is 1.14 bits per heavy atom. The van der Waals surface area contributed by atoms with Gasteiger partial charge in [0, 0.05) is 18.0 Å². The zero-order chi connectivity index (χ0) is 15.9. The monoisotopic (exact) mass is 333 g/mol. The van der Waals surface area contributed by atoms with Gasteiger partial charge in [-0.3, -0.25) is 4.79 Å². The van der Waals surface area contributed by atoms with E-state index in [1.54, 1.807) is 0 Å². The minimum atomic E-state index is -0.163. The Morgan fingerprint density at radius 2 is 1.77 bits per heavy atom. The van der Waals surface area contributed by atoms with Crippen LogP contribution >= 0.6 is 23.4 Å². The minimum Gasteiger partial charge on any atom is -0.338 e. The van der Waals surface area contributed by atoms with Gasteiger partial charge in [0.25, 0.3) is 0 Å². The summed E-state index contributed by atoms with van der Waals surface area (Å²) >= 11 is 7.68. The Bertz CT molecular complexity index is 617. The third kappa shape index (κ3) is 4.52. The molecule has 1 amide bonds. The van der Waals surface area contributed by atoms with Gasteiger partial charge >= 0.3 is 0 Å². The van der Waals surface area contributed by atoms with E-state index in [9.17, 15) is 4.79 Å². The molecule has 0 saturated carbocycles. The SMILES string of the molecule is CCN(Cc1ccccc1)C(=O)C(C)Sc1ccccc1Cl. The Hall–Kier alpha value is -1.45. The number of hydrogen-bond donors (Lipinski definition) is 0. The lowest BCUT2D eigenvalue weighted by Gasteiger charge is -2.24. The van der Waals surface area contributed by atoms with Crippen molar-refractivity contribution in [1.29, 1.82) is 0 Å². The standard InChI is InChI=1S/C18H20ClNOS/c1-3-20(13-15-9-5-4-6-10-15)18(21)14(2)22-17-12-8-7-11-16(17)19/h4-12,14H,3,13H2,1-2H3. The topological polar surface area (TPSA) is 20.3 Å². The number of rotatable bonds is 6. The van der Waals surface area contributed by atoms with Crippen LogP contribution in [0.2, 0.25) is 5.02 Å². The molecule has 2 rings (SSSR count). The van der Waals surface area contributed by atoms with Crippen molar-refractivity contribution >= 4 is 29.3 Å². The van der Waals surface area contributed by atoms with Gasteiger partial charge in [-0.25, -0.2) is 0 Å². The first-order chi connectivity index (χ1) is 10.6. The fourth-order valence-electron chi connectivity index (χ4n) is 2.19. The molecular weight excluding hydrogens is 314 g/mol. The highest BCUT2D eigenvalue weighted by Gasteiger charge is 2.21. The van der Waals surface area contributed by atoms with E-state index < -0.39 is 0 Å². The smallest absolute Gasteiger partial charge is 0.236 e. The van der Waals surface area contributed by atoms with E-state index in [4.69, 9.17) is 11.6 Å². The number of benzene rings is 2. The maximum absolute atomic E-state index is 12.7. The van der Waals surface area contributed by atoms with Gasteiger partial charge in [0.05, 0.1) is 10.3 Å². The van der Waals surface area contributed by atoms with Crippen LogP contribution in [0.25, 0.3) is 0 Å². The van der Waals surface area contributed by atoms with Gasteiger partial charge in [0.2, 0.25) is 5.91 Å². The summed E-state index contributed by atoms with van der Waals surface area (Å²) in [6, 6.07) is 17.7. The maximum Gasteiger partial charge on any atom is 0.236 e. The number of nitrogens with zero attached hydrogens (tertiary/aromatic N) is 1. The lowest BCUT2D eigenvalue weighted by atomic mass is 10.2. The van der Waals surface area contributed by atoms with Gasteiger partial charge in [-0.15, -0.1) is 11.8 Å². The molecule has 2 nitrogen and oxygen atoms in total. The van der Waals surface area contributed by atoms with Gasteiger partial charge in [-0.05, 0) is 31.5 Å². The van der Waals surface area contributed by atoms with Gasteiger partial charge in [0.15, 0.2) is 0 Å². The summed E-state index contributed by atoms with van der Waals surface area (Å²) in [5, 5.41) is 0.529. The van der Waals surface area contributed by atoms with Crippen molar-refractivity contribution in [1.82, 2.24) is 4.90 Å². The molecule has 0 spiro atoms. The van der Waals surface area contributed by atoms with Crippen molar-refractivity contribution in [3.63, 3.8) is 0 Å². The van der Waals surface area contributed by atoms with Crippen LogP contribution in [0.4, 0.5) is 0 Å². The molecule has 0 aromatic heterocycles. The molecule has 22 heavy (non-hydrogen) atoms. The molecule has 1 unspecified atom stereocenters. The molecule has 1 atom stereocenters. The van der Waals surface area contributed by atoms with E-state index in [-0.39, 0.29) is 11.2 Å². The number of amides is 1. The van der Waals surface area contributed by atoms with E-state index >= 15 is 0 Å². The van der Waals surface area contributed by atoms with Crippen LogP contribution in [0, 0.1) is 0 Å². The first-order valence-corrected chi connectivity index (χ1v) is 8.61. The Labute approximate surface area is 141 Å². The molecule has 0 radical (unpaired) electrons. The van der Waals surface area contributed by atoms with Crippen LogP contribution in [0.3, 0.4) is 0 Å². The molecule has 0 aliphatic heterocycles. The zero-order valence-electron chi connectivity index (χ0n) is 12.8. The molecule has 0 bridgehead atoms. The molecular formula is C18H20ClNOS. The summed E-state index contributed by atoms with van der Waals surface area (Å²) in [4.78, 5) is 15.5. The van der Waals surface area contributed by atoms with Crippen LogP contribution in [0.15, 0.2) is 59.5 Å². The average Bonchev–Trinajstić information content (AvgIpc) is 2.55. The summed E-state index contributed by atoms with van der Waals surface area (Å²) in [5.41, 5.74) is 1.15. The zero-order valence-corrected chi connectivity index (χ0v) is 14.4. The predicted octanol–water partition coefficient (Wildman–Crippen LogP) is 4.87. The summed E-state index contributed by atoms with van der Waals surface area (Å²) < 4.78 is 0. The minimum absolute atomic E-state index is 0.135. The first-order valence-electron chi connectivity index (χ1n) is 7.35. The van der Waals surface area contributed by atoms with Crippen molar-refractivity contribution in [3.05, 3.63) is 65.2 Å². The van der Waals surface area contributed by atoms with Crippen molar-refractivity contribution in [2.24, 2.45) is 0 Å². The molecule has 2 aromatic carbocycles. The normalized spacial score (nSPS) is 12.0. The quantitative estimate of drug-likeness (QED) is 0.703. The molecule has 4 heteroatoms. The highest BCUT2D eigenvalue weighted by atomic mass is 35.5. The summed E-state index contributed by atoms with van der Waals surface area (Å²) in [6.07, 6.45) is 0. The lowest BCUT2D eigenvalue weighted by molar-refractivity contribution is -0.130. The largest absolute Gasteiger partial charge is 0.338 e. The maximum atomic E-state index is 12.7. The van der Waals surface area contributed by atoms with E-state index in [0.717, 1.165) is 10.5 Å². The second-order valence-corrected chi connectivity index (χ2v) is 6.82. The summed E-state index contributed by atoms with van der Waals surface area (Å²) in [6.45, 7) is 5.28. The number of hydrogen-bond acceptors (Lipinski definition) is 2. The van der Waals surface area contributed by atoms with Crippen LogP contribution in [-0.2, 0) is 11.3 Å². The second kappa shape index (κ2) is 8.25. The van der Waals surface area contributed by atoms with E-state index in [2.05, 4.69) is 0 Å². The van der Waals surface area contributed by atoms with Crippen LogP contribution in [0.1, 0.15) is 19.4 Å². The van der Waals surface area contributed by atoms with Gasteiger partial charge in [0.1, 0.15) is 0 Å². The molecule has 0 saturated heterocycles. The molecule has 0 N–H and O–H groups in total. The van der Waals surface area contributed by atoms with E-state index in [1.165, 1.54) is 11.8 Å². The number of carbonyl (C=O) groups excluding carboxylic acids is 1. The molecule has 116 valence electrons. The third-order valence-electron chi connectivity index (χ3n) is 3.40. The Balaban J connectivity index is 2.03. The average molecular weight is 334 g/mol.